The summed E-state index contributed by atoms with van der Waals surface area (Å²) in [6, 6.07) is 10.7. The third kappa shape index (κ3) is 4.72. The second kappa shape index (κ2) is 8.65. The van der Waals surface area contributed by atoms with Gasteiger partial charge in [-0.05, 0) is 30.7 Å². The van der Waals surface area contributed by atoms with Gasteiger partial charge in [0.2, 0.25) is 0 Å². The summed E-state index contributed by atoms with van der Waals surface area (Å²) in [6.45, 7) is 2.47. The summed E-state index contributed by atoms with van der Waals surface area (Å²) >= 11 is 0. The van der Waals surface area contributed by atoms with Crippen LogP contribution in [0.4, 0.5) is 5.95 Å². The average molecular weight is 368 g/mol. The maximum atomic E-state index is 12.1. The topological polar surface area (TPSA) is 121 Å². The molecule has 0 saturated heterocycles. The smallest absolute Gasteiger partial charge is 0.338 e. The number of ether oxygens (including phenoxy) is 1. The van der Waals surface area contributed by atoms with Crippen LogP contribution >= 0.6 is 0 Å². The van der Waals surface area contributed by atoms with Gasteiger partial charge in [-0.1, -0.05) is 25.5 Å². The molecule has 0 aliphatic heterocycles. The van der Waals surface area contributed by atoms with E-state index in [9.17, 15) is 4.79 Å². The van der Waals surface area contributed by atoms with E-state index in [1.54, 1.807) is 30.3 Å². The molecule has 0 spiro atoms. The number of nitrogens with two attached hydrogens (primary N) is 1. The Labute approximate surface area is 155 Å². The van der Waals surface area contributed by atoms with Gasteiger partial charge in [-0.2, -0.15) is 5.10 Å². The van der Waals surface area contributed by atoms with Crippen molar-refractivity contribution < 1.29 is 13.9 Å². The Bertz CT molecular complexity index is 931. The van der Waals surface area contributed by atoms with Crippen LogP contribution in [0.15, 0.2) is 52.2 Å². The summed E-state index contributed by atoms with van der Waals surface area (Å²) in [7, 11) is 0. The molecule has 3 rings (SSSR count). The standard InChI is InChI=1S/C18H20N6O3/c1-2-3-9-26-17(25)14-6-4-5-13(10-14)16-8-7-15(27-16)11-20-22-18-23-21-12-24(18)19/h4-8,10-12H,2-3,9,19H2,1H3,(H,22,23)/b20-11+. The zero-order valence-electron chi connectivity index (χ0n) is 14.8. The number of carbonyl (C=O) groups is 1. The van der Waals surface area contributed by atoms with Crippen LogP contribution in [0.25, 0.3) is 11.3 Å². The number of nitrogens with zero attached hydrogens (tertiary/aromatic N) is 4. The Kier molecular flexibility index (Phi) is 5.83. The highest BCUT2D eigenvalue weighted by molar-refractivity contribution is 5.91. The molecule has 140 valence electrons. The van der Waals surface area contributed by atoms with Crippen molar-refractivity contribution >= 4 is 18.1 Å². The lowest BCUT2D eigenvalue weighted by Gasteiger charge is -2.05. The Morgan fingerprint density at radius 3 is 3.07 bits per heavy atom. The maximum absolute atomic E-state index is 12.1. The number of hydrogen-bond acceptors (Lipinski definition) is 8. The number of furan rings is 1. The van der Waals surface area contributed by atoms with Gasteiger partial charge in [0.05, 0.1) is 18.4 Å². The van der Waals surface area contributed by atoms with Crippen molar-refractivity contribution in [1.29, 1.82) is 0 Å². The zero-order chi connectivity index (χ0) is 19.1. The second-order valence-electron chi connectivity index (χ2n) is 5.70. The number of esters is 1. The Balaban J connectivity index is 1.66. The van der Waals surface area contributed by atoms with Gasteiger partial charge in [0.15, 0.2) is 0 Å². The van der Waals surface area contributed by atoms with Crippen LogP contribution in [0.2, 0.25) is 0 Å². The highest BCUT2D eigenvalue weighted by Gasteiger charge is 2.10. The molecule has 0 aliphatic rings. The fourth-order valence-corrected chi connectivity index (χ4v) is 2.25. The second-order valence-corrected chi connectivity index (χ2v) is 5.70. The Morgan fingerprint density at radius 2 is 2.30 bits per heavy atom. The molecule has 3 aromatic rings. The molecule has 0 aliphatic carbocycles. The molecular weight excluding hydrogens is 348 g/mol. The number of nitrogens with one attached hydrogen (secondary N) is 1. The Morgan fingerprint density at radius 1 is 1.41 bits per heavy atom. The molecule has 27 heavy (non-hydrogen) atoms. The summed E-state index contributed by atoms with van der Waals surface area (Å²) in [5.74, 6) is 6.67. The van der Waals surface area contributed by atoms with E-state index in [1.165, 1.54) is 17.2 Å². The van der Waals surface area contributed by atoms with E-state index in [0.717, 1.165) is 18.4 Å². The van der Waals surface area contributed by atoms with Gasteiger partial charge >= 0.3 is 5.97 Å². The van der Waals surface area contributed by atoms with E-state index in [-0.39, 0.29) is 5.97 Å². The molecule has 0 radical (unpaired) electrons. The van der Waals surface area contributed by atoms with E-state index < -0.39 is 0 Å². The summed E-state index contributed by atoms with van der Waals surface area (Å²) in [6.07, 6.45) is 4.66. The molecule has 9 nitrogen and oxygen atoms in total. The maximum Gasteiger partial charge on any atom is 0.338 e. The lowest BCUT2D eigenvalue weighted by molar-refractivity contribution is 0.0500. The van der Waals surface area contributed by atoms with E-state index in [4.69, 9.17) is 15.0 Å². The highest BCUT2D eigenvalue weighted by Crippen LogP contribution is 2.23. The van der Waals surface area contributed by atoms with Gasteiger partial charge in [0, 0.05) is 5.56 Å². The first kappa shape index (κ1) is 18.2. The fraction of sp³-hybridized carbons (Fsp3) is 0.222. The highest BCUT2D eigenvalue weighted by atomic mass is 16.5. The third-order valence-electron chi connectivity index (χ3n) is 3.67. The lowest BCUT2D eigenvalue weighted by Crippen LogP contribution is -2.10. The first-order valence-corrected chi connectivity index (χ1v) is 8.49. The van der Waals surface area contributed by atoms with E-state index in [2.05, 4.69) is 20.7 Å². The van der Waals surface area contributed by atoms with Crippen LogP contribution in [0.3, 0.4) is 0 Å². The first-order valence-electron chi connectivity index (χ1n) is 8.49. The van der Waals surface area contributed by atoms with Crippen molar-refractivity contribution in [2.75, 3.05) is 17.9 Å². The fourth-order valence-electron chi connectivity index (χ4n) is 2.25. The quantitative estimate of drug-likeness (QED) is 0.206. The normalized spacial score (nSPS) is 11.0. The predicted octanol–water partition coefficient (Wildman–Crippen LogP) is 2.65. The van der Waals surface area contributed by atoms with Crippen molar-refractivity contribution in [3.05, 3.63) is 54.0 Å². The van der Waals surface area contributed by atoms with Crippen molar-refractivity contribution in [2.45, 2.75) is 19.8 Å². The predicted molar refractivity (Wildman–Crippen MR) is 101 cm³/mol. The molecule has 0 saturated carbocycles. The molecule has 0 bridgehead atoms. The van der Waals surface area contributed by atoms with Gasteiger partial charge in [0.25, 0.3) is 5.95 Å². The molecule has 3 N–H and O–H groups in total. The largest absolute Gasteiger partial charge is 0.462 e. The van der Waals surface area contributed by atoms with Crippen LogP contribution in [-0.2, 0) is 4.74 Å². The number of rotatable bonds is 8. The van der Waals surface area contributed by atoms with Crippen molar-refractivity contribution in [3.63, 3.8) is 0 Å². The number of hydrazone groups is 1. The summed E-state index contributed by atoms with van der Waals surface area (Å²) in [5.41, 5.74) is 3.91. The SMILES string of the molecule is CCCCOC(=O)c1cccc(-c2ccc(/C=N/Nc3nncn3N)o2)c1. The van der Waals surface area contributed by atoms with Crippen LogP contribution in [0.1, 0.15) is 35.9 Å². The van der Waals surface area contributed by atoms with Gasteiger partial charge < -0.3 is 15.0 Å². The van der Waals surface area contributed by atoms with Gasteiger partial charge in [0.1, 0.15) is 17.8 Å². The summed E-state index contributed by atoms with van der Waals surface area (Å²) in [4.78, 5) is 12.1. The van der Waals surface area contributed by atoms with Crippen LogP contribution < -0.4 is 11.3 Å². The van der Waals surface area contributed by atoms with Crippen molar-refractivity contribution in [1.82, 2.24) is 14.9 Å². The molecule has 0 fully saturated rings. The minimum Gasteiger partial charge on any atom is -0.462 e. The van der Waals surface area contributed by atoms with E-state index in [1.807, 2.05) is 13.0 Å². The number of hydrogen-bond donors (Lipinski definition) is 2. The molecular formula is C18H20N6O3. The third-order valence-corrected chi connectivity index (χ3v) is 3.67. The molecule has 9 heteroatoms. The van der Waals surface area contributed by atoms with E-state index >= 15 is 0 Å². The summed E-state index contributed by atoms with van der Waals surface area (Å²) in [5, 5.41) is 11.4. The number of benzene rings is 1. The van der Waals surface area contributed by atoms with Crippen molar-refractivity contribution in [2.24, 2.45) is 5.10 Å². The number of nitrogen functional groups attached to an aromatic ring is 1. The van der Waals surface area contributed by atoms with Gasteiger partial charge in [-0.25, -0.2) is 14.9 Å². The number of carbonyl (C=O) groups excluding carboxylic acids is 1. The number of unbranched alkanes of at least 4 members (excludes halogenated alkanes) is 1. The number of aromatic nitrogens is 3. The Hall–Kier alpha value is -3.62. The average Bonchev–Trinajstić information content (AvgIpc) is 3.31. The molecule has 2 heterocycles. The monoisotopic (exact) mass is 368 g/mol. The minimum atomic E-state index is -0.339. The first-order chi connectivity index (χ1) is 13.2. The van der Waals surface area contributed by atoms with Gasteiger partial charge in [-0.15, -0.1) is 10.2 Å². The molecule has 0 unspecified atom stereocenters. The van der Waals surface area contributed by atoms with Crippen LogP contribution in [-0.4, -0.2) is 33.7 Å². The van der Waals surface area contributed by atoms with Crippen LogP contribution in [0, 0.1) is 0 Å². The molecule has 2 aromatic heterocycles. The zero-order valence-corrected chi connectivity index (χ0v) is 14.8. The lowest BCUT2D eigenvalue weighted by atomic mass is 10.1. The van der Waals surface area contributed by atoms with Crippen molar-refractivity contribution in [3.8, 4) is 11.3 Å². The summed E-state index contributed by atoms with van der Waals surface area (Å²) < 4.78 is 12.2. The number of anilines is 1. The molecule has 0 atom stereocenters. The van der Waals surface area contributed by atoms with Crippen LogP contribution in [0.5, 0.6) is 0 Å². The van der Waals surface area contributed by atoms with Gasteiger partial charge in [-0.3, -0.25) is 0 Å². The minimum absolute atomic E-state index is 0.298. The molecule has 0 amide bonds. The van der Waals surface area contributed by atoms with E-state index in [0.29, 0.717) is 29.6 Å². The molecule has 1 aromatic carbocycles.